The number of rotatable bonds is 3. The van der Waals surface area contributed by atoms with E-state index in [1.165, 1.54) is 6.08 Å². The fourth-order valence-corrected chi connectivity index (χ4v) is 3.98. The van der Waals surface area contributed by atoms with Gasteiger partial charge < -0.3 is 15.3 Å². The van der Waals surface area contributed by atoms with Gasteiger partial charge in [0.2, 0.25) is 0 Å². The van der Waals surface area contributed by atoms with E-state index < -0.39 is 27.8 Å². The molecule has 1 aliphatic carbocycles. The molecule has 9 heteroatoms. The highest BCUT2D eigenvalue weighted by molar-refractivity contribution is 7.90. The Balaban J connectivity index is 1.74. The minimum absolute atomic E-state index is 0.0847. The number of sulfonamides is 1. The Kier molecular flexibility index (Phi) is 3.97. The number of carboxylic acid groups (broad SMARTS) is 1. The molecule has 0 radical (unpaired) electrons. The van der Waals surface area contributed by atoms with Crippen molar-refractivity contribution >= 4 is 27.7 Å². The molecule has 0 bridgehead atoms. The lowest BCUT2D eigenvalue weighted by Gasteiger charge is -2.29. The average Bonchev–Trinajstić information content (AvgIpc) is 2.94. The normalized spacial score (nSPS) is 28.6. The second kappa shape index (κ2) is 5.80. The van der Waals surface area contributed by atoms with Gasteiger partial charge in [0.05, 0.1) is 17.2 Å². The van der Waals surface area contributed by atoms with Crippen LogP contribution in [0.5, 0.6) is 0 Å². The van der Waals surface area contributed by atoms with Gasteiger partial charge in [0.15, 0.2) is 5.84 Å². The van der Waals surface area contributed by atoms with Crippen molar-refractivity contribution in [3.05, 3.63) is 23.9 Å². The van der Waals surface area contributed by atoms with Crippen molar-refractivity contribution in [1.82, 2.24) is 10.2 Å². The van der Waals surface area contributed by atoms with Crippen LogP contribution in [-0.2, 0) is 19.6 Å². The molecule has 2 atom stereocenters. The lowest BCUT2D eigenvalue weighted by Crippen LogP contribution is -2.44. The summed E-state index contributed by atoms with van der Waals surface area (Å²) in [5, 5.41) is 11.8. The summed E-state index contributed by atoms with van der Waals surface area (Å²) in [5.74, 6) is -1.67. The molecule has 0 aromatic carbocycles. The van der Waals surface area contributed by atoms with Crippen molar-refractivity contribution < 1.29 is 23.1 Å². The van der Waals surface area contributed by atoms with Crippen LogP contribution in [0.3, 0.4) is 0 Å². The van der Waals surface area contributed by atoms with Crippen LogP contribution in [0.2, 0.25) is 0 Å². The molecule has 1 fully saturated rings. The van der Waals surface area contributed by atoms with Gasteiger partial charge in [-0.15, -0.1) is 4.40 Å². The Labute approximate surface area is 133 Å². The maximum atomic E-state index is 12.4. The standard InChI is InChI=1S/C14H17N3O5S/c18-13(15-10-4-3-9(8-10)14(19)20)11-2-1-5-17-6-7-23(21,22)16-12(11)17/h1-2,5,9-10H,3-4,6-8H2,(H,15,18)(H,19,20)/t9-,10+/m0/s1. The summed E-state index contributed by atoms with van der Waals surface area (Å²) >= 11 is 0. The van der Waals surface area contributed by atoms with Crippen molar-refractivity contribution in [3.8, 4) is 0 Å². The molecule has 3 aliphatic rings. The highest BCUT2D eigenvalue weighted by Crippen LogP contribution is 2.26. The summed E-state index contributed by atoms with van der Waals surface area (Å²) in [6.07, 6.45) is 6.38. The predicted octanol–water partition coefficient (Wildman–Crippen LogP) is -0.146. The Hall–Kier alpha value is -2.16. The van der Waals surface area contributed by atoms with Gasteiger partial charge >= 0.3 is 5.97 Å². The molecule has 1 saturated carbocycles. The molecule has 2 heterocycles. The molecule has 124 valence electrons. The van der Waals surface area contributed by atoms with Crippen molar-refractivity contribution in [3.63, 3.8) is 0 Å². The van der Waals surface area contributed by atoms with E-state index in [1.807, 2.05) is 0 Å². The third kappa shape index (κ3) is 3.29. The summed E-state index contributed by atoms with van der Waals surface area (Å²) in [6.45, 7) is 0.257. The van der Waals surface area contributed by atoms with E-state index in [-0.39, 0.29) is 29.7 Å². The zero-order chi connectivity index (χ0) is 16.6. The number of carboxylic acids is 1. The van der Waals surface area contributed by atoms with Crippen LogP contribution < -0.4 is 5.32 Å². The van der Waals surface area contributed by atoms with Gasteiger partial charge in [0.1, 0.15) is 0 Å². The SMILES string of the molecule is O=C(N[C@@H]1CC[C@H](C(=O)O)C1)C1=CC=CN2CCS(=O)(=O)N=C12. The minimum Gasteiger partial charge on any atom is -0.481 e. The molecule has 0 saturated heterocycles. The highest BCUT2D eigenvalue weighted by atomic mass is 32.2. The summed E-state index contributed by atoms with van der Waals surface area (Å²) in [5.41, 5.74) is 0.189. The number of aliphatic carboxylic acids is 1. The van der Waals surface area contributed by atoms with Crippen LogP contribution in [0.25, 0.3) is 0 Å². The van der Waals surface area contributed by atoms with Crippen LogP contribution >= 0.6 is 0 Å². The first-order chi connectivity index (χ1) is 10.9. The maximum absolute atomic E-state index is 12.4. The smallest absolute Gasteiger partial charge is 0.306 e. The number of fused-ring (bicyclic) bond motifs is 1. The maximum Gasteiger partial charge on any atom is 0.306 e. The first-order valence-electron chi connectivity index (χ1n) is 7.37. The topological polar surface area (TPSA) is 116 Å². The molecule has 2 aliphatic heterocycles. The zero-order valence-electron chi connectivity index (χ0n) is 12.3. The minimum atomic E-state index is -3.55. The lowest BCUT2D eigenvalue weighted by atomic mass is 10.1. The van der Waals surface area contributed by atoms with Crippen LogP contribution in [0.15, 0.2) is 28.3 Å². The highest BCUT2D eigenvalue weighted by Gasteiger charge is 2.34. The second-order valence-corrected chi connectivity index (χ2v) is 7.59. The molecule has 8 nitrogen and oxygen atoms in total. The molecule has 2 N–H and O–H groups in total. The monoisotopic (exact) mass is 339 g/mol. The summed E-state index contributed by atoms with van der Waals surface area (Å²) < 4.78 is 27.0. The van der Waals surface area contributed by atoms with Gasteiger partial charge in [-0.05, 0) is 31.4 Å². The zero-order valence-corrected chi connectivity index (χ0v) is 13.1. The summed E-state index contributed by atoms with van der Waals surface area (Å²) in [4.78, 5) is 25.0. The number of amidine groups is 1. The van der Waals surface area contributed by atoms with E-state index >= 15 is 0 Å². The fourth-order valence-electron chi connectivity index (χ4n) is 2.99. The number of carbonyl (C=O) groups excluding carboxylic acids is 1. The molecule has 0 spiro atoms. The van der Waals surface area contributed by atoms with Gasteiger partial charge in [0, 0.05) is 18.8 Å². The van der Waals surface area contributed by atoms with Gasteiger partial charge in [0.25, 0.3) is 15.9 Å². The van der Waals surface area contributed by atoms with Crippen molar-refractivity contribution in [2.24, 2.45) is 10.3 Å². The molecule has 0 aromatic heterocycles. The van der Waals surface area contributed by atoms with Crippen LogP contribution in [0.4, 0.5) is 0 Å². The van der Waals surface area contributed by atoms with Gasteiger partial charge in [-0.25, -0.2) is 8.42 Å². The number of nitrogens with zero attached hydrogens (tertiary/aromatic N) is 2. The van der Waals surface area contributed by atoms with E-state index in [0.717, 1.165) is 0 Å². The summed E-state index contributed by atoms with van der Waals surface area (Å²) in [6, 6.07) is -0.218. The molecule has 0 unspecified atom stereocenters. The third-order valence-electron chi connectivity index (χ3n) is 4.22. The molecular formula is C14H17N3O5S. The molecule has 3 rings (SSSR count). The first kappa shape index (κ1) is 15.7. The largest absolute Gasteiger partial charge is 0.481 e. The average molecular weight is 339 g/mol. The third-order valence-corrected chi connectivity index (χ3v) is 5.37. The second-order valence-electron chi connectivity index (χ2n) is 5.83. The number of hydrogen-bond acceptors (Lipinski definition) is 5. The van der Waals surface area contributed by atoms with E-state index in [2.05, 4.69) is 9.71 Å². The van der Waals surface area contributed by atoms with E-state index in [0.29, 0.717) is 19.3 Å². The van der Waals surface area contributed by atoms with E-state index in [4.69, 9.17) is 5.11 Å². The molecule has 23 heavy (non-hydrogen) atoms. The Morgan fingerprint density at radius 1 is 1.35 bits per heavy atom. The van der Waals surface area contributed by atoms with E-state index in [1.54, 1.807) is 17.2 Å². The number of allylic oxidation sites excluding steroid dienone is 2. The molecule has 0 aromatic rings. The number of carbonyl (C=O) groups is 2. The predicted molar refractivity (Wildman–Crippen MR) is 82.1 cm³/mol. The molecule has 1 amide bonds. The number of amides is 1. The lowest BCUT2D eigenvalue weighted by molar-refractivity contribution is -0.141. The van der Waals surface area contributed by atoms with Gasteiger partial charge in [-0.3, -0.25) is 9.59 Å². The summed E-state index contributed by atoms with van der Waals surface area (Å²) in [7, 11) is -3.55. The molecular weight excluding hydrogens is 322 g/mol. The number of nitrogens with one attached hydrogen (secondary N) is 1. The van der Waals surface area contributed by atoms with E-state index in [9.17, 15) is 18.0 Å². The quantitative estimate of drug-likeness (QED) is 0.739. The Bertz CT molecular complexity index is 738. The Morgan fingerprint density at radius 2 is 2.13 bits per heavy atom. The van der Waals surface area contributed by atoms with Gasteiger partial charge in [-0.1, -0.05) is 0 Å². The van der Waals surface area contributed by atoms with Crippen molar-refractivity contribution in [1.29, 1.82) is 0 Å². The Morgan fingerprint density at radius 3 is 2.83 bits per heavy atom. The van der Waals surface area contributed by atoms with Crippen LogP contribution in [0.1, 0.15) is 19.3 Å². The number of hydrogen-bond donors (Lipinski definition) is 2. The van der Waals surface area contributed by atoms with Gasteiger partial charge in [-0.2, -0.15) is 0 Å². The first-order valence-corrected chi connectivity index (χ1v) is 8.98. The van der Waals surface area contributed by atoms with Crippen molar-refractivity contribution in [2.75, 3.05) is 12.3 Å². The van der Waals surface area contributed by atoms with Crippen LogP contribution in [0, 0.1) is 5.92 Å². The fraction of sp³-hybridized carbons (Fsp3) is 0.500. The van der Waals surface area contributed by atoms with Crippen molar-refractivity contribution in [2.45, 2.75) is 25.3 Å². The van der Waals surface area contributed by atoms with Crippen LogP contribution in [-0.4, -0.2) is 54.5 Å².